The van der Waals surface area contributed by atoms with Crippen molar-refractivity contribution in [2.24, 2.45) is 5.73 Å². The molecule has 0 aliphatic rings. The van der Waals surface area contributed by atoms with E-state index in [9.17, 15) is 4.79 Å². The first-order valence-electron chi connectivity index (χ1n) is 6.03. The minimum absolute atomic E-state index is 0.0516. The highest BCUT2D eigenvalue weighted by molar-refractivity contribution is 5.68. The van der Waals surface area contributed by atoms with E-state index < -0.39 is 5.60 Å². The van der Waals surface area contributed by atoms with Crippen LogP contribution in [0.15, 0.2) is 0 Å². The number of nitrogens with zero attached hydrogens (tertiary/aromatic N) is 1. The number of ether oxygens (including phenoxy) is 1. The molecule has 3 N–H and O–H groups in total. The highest BCUT2D eigenvalue weighted by Gasteiger charge is 2.24. The molecule has 0 aliphatic heterocycles. The Morgan fingerprint density at radius 2 is 1.94 bits per heavy atom. The van der Waals surface area contributed by atoms with E-state index in [1.807, 2.05) is 34.6 Å². The average Bonchev–Trinajstić information content (AvgIpc) is 2.14. The topological polar surface area (TPSA) is 75.8 Å². The predicted molar refractivity (Wildman–Crippen MR) is 67.8 cm³/mol. The number of carbonyl (C=O) groups excluding carboxylic acids is 1. The summed E-state index contributed by atoms with van der Waals surface area (Å²) in [6.07, 6.45) is 0.228. The quantitative estimate of drug-likeness (QED) is 0.767. The molecule has 0 spiro atoms. The van der Waals surface area contributed by atoms with Crippen LogP contribution in [0, 0.1) is 0 Å². The monoisotopic (exact) mass is 246 g/mol. The minimum Gasteiger partial charge on any atom is -0.444 e. The van der Waals surface area contributed by atoms with E-state index in [2.05, 4.69) is 0 Å². The molecule has 0 aromatic heterocycles. The van der Waals surface area contributed by atoms with Gasteiger partial charge in [0.2, 0.25) is 0 Å². The molecule has 1 amide bonds. The Hall–Kier alpha value is -0.810. The van der Waals surface area contributed by atoms with Crippen LogP contribution in [-0.2, 0) is 4.74 Å². The van der Waals surface area contributed by atoms with Gasteiger partial charge in [-0.05, 0) is 41.0 Å². The van der Waals surface area contributed by atoms with Gasteiger partial charge in [-0.25, -0.2) is 4.79 Å². The second-order valence-electron chi connectivity index (χ2n) is 5.50. The maximum atomic E-state index is 11.9. The summed E-state index contributed by atoms with van der Waals surface area (Å²) >= 11 is 0. The van der Waals surface area contributed by atoms with Crippen LogP contribution in [0.3, 0.4) is 0 Å². The summed E-state index contributed by atoms with van der Waals surface area (Å²) in [6, 6.07) is -0.241. The van der Waals surface area contributed by atoms with Gasteiger partial charge in [-0.15, -0.1) is 0 Å². The predicted octanol–water partition coefficient (Wildman–Crippen LogP) is 1.34. The smallest absolute Gasteiger partial charge is 0.410 e. The molecular weight excluding hydrogens is 220 g/mol. The van der Waals surface area contributed by atoms with Crippen molar-refractivity contribution in [1.82, 2.24) is 4.90 Å². The lowest BCUT2D eigenvalue weighted by Crippen LogP contribution is -2.43. The van der Waals surface area contributed by atoms with Crippen LogP contribution in [0.25, 0.3) is 0 Å². The summed E-state index contributed by atoms with van der Waals surface area (Å²) in [6.45, 7) is 9.78. The van der Waals surface area contributed by atoms with Crippen LogP contribution in [0.2, 0.25) is 0 Å². The molecule has 0 fully saturated rings. The number of aliphatic hydroxyl groups excluding tert-OH is 1. The molecule has 0 aromatic rings. The largest absolute Gasteiger partial charge is 0.444 e. The highest BCUT2D eigenvalue weighted by atomic mass is 16.6. The van der Waals surface area contributed by atoms with Crippen LogP contribution in [-0.4, -0.2) is 46.9 Å². The maximum absolute atomic E-state index is 11.9. The maximum Gasteiger partial charge on any atom is 0.410 e. The van der Waals surface area contributed by atoms with Crippen LogP contribution in [0.5, 0.6) is 0 Å². The van der Waals surface area contributed by atoms with Crippen LogP contribution < -0.4 is 5.73 Å². The van der Waals surface area contributed by atoms with E-state index in [1.165, 1.54) is 0 Å². The molecule has 1 atom stereocenters. The normalized spacial score (nSPS) is 13.6. The summed E-state index contributed by atoms with van der Waals surface area (Å²) in [5.74, 6) is 0. The van der Waals surface area contributed by atoms with Gasteiger partial charge in [-0.3, -0.25) is 0 Å². The van der Waals surface area contributed by atoms with Crippen molar-refractivity contribution in [3.05, 3.63) is 0 Å². The van der Waals surface area contributed by atoms with Gasteiger partial charge in [0.15, 0.2) is 0 Å². The van der Waals surface area contributed by atoms with Crippen molar-refractivity contribution in [3.8, 4) is 0 Å². The molecule has 0 saturated heterocycles. The summed E-state index contributed by atoms with van der Waals surface area (Å²) in [7, 11) is 0. The van der Waals surface area contributed by atoms with Crippen molar-refractivity contribution >= 4 is 6.09 Å². The lowest BCUT2D eigenvalue weighted by Gasteiger charge is -2.30. The Morgan fingerprint density at radius 1 is 1.41 bits per heavy atom. The fourth-order valence-electron chi connectivity index (χ4n) is 1.28. The molecule has 1 unspecified atom stereocenters. The lowest BCUT2D eigenvalue weighted by atomic mass is 10.2. The van der Waals surface area contributed by atoms with E-state index in [4.69, 9.17) is 15.6 Å². The van der Waals surface area contributed by atoms with Gasteiger partial charge in [0.1, 0.15) is 5.60 Å². The number of nitrogens with two attached hydrogens (primary N) is 1. The third-order valence-corrected chi connectivity index (χ3v) is 2.23. The zero-order chi connectivity index (χ0) is 13.6. The summed E-state index contributed by atoms with van der Waals surface area (Å²) < 4.78 is 5.31. The van der Waals surface area contributed by atoms with E-state index in [0.717, 1.165) is 0 Å². The first kappa shape index (κ1) is 16.2. The van der Waals surface area contributed by atoms with Crippen molar-refractivity contribution in [3.63, 3.8) is 0 Å². The minimum atomic E-state index is -0.497. The van der Waals surface area contributed by atoms with Crippen LogP contribution in [0.1, 0.15) is 41.0 Å². The highest BCUT2D eigenvalue weighted by Crippen LogP contribution is 2.12. The fraction of sp³-hybridized carbons (Fsp3) is 0.917. The van der Waals surface area contributed by atoms with Crippen molar-refractivity contribution < 1.29 is 14.6 Å². The Kier molecular flexibility index (Phi) is 6.49. The summed E-state index contributed by atoms with van der Waals surface area (Å²) in [4.78, 5) is 13.5. The summed E-state index contributed by atoms with van der Waals surface area (Å²) in [5.41, 5.74) is 5.12. The molecule has 0 aromatic carbocycles. The molecule has 0 saturated carbocycles. The third kappa shape index (κ3) is 7.18. The molecule has 5 heteroatoms. The van der Waals surface area contributed by atoms with Gasteiger partial charge in [-0.2, -0.15) is 0 Å². The van der Waals surface area contributed by atoms with Gasteiger partial charge in [0.25, 0.3) is 0 Å². The Labute approximate surface area is 104 Å². The zero-order valence-corrected chi connectivity index (χ0v) is 11.6. The first-order chi connectivity index (χ1) is 7.67. The number of hydrogen-bond acceptors (Lipinski definition) is 4. The van der Waals surface area contributed by atoms with E-state index in [-0.39, 0.29) is 24.8 Å². The van der Waals surface area contributed by atoms with Gasteiger partial charge in [0, 0.05) is 18.6 Å². The molecule has 5 nitrogen and oxygen atoms in total. The van der Waals surface area contributed by atoms with Crippen molar-refractivity contribution in [2.45, 2.75) is 58.7 Å². The SMILES string of the molecule is CC(C)N(CCC(N)CO)C(=O)OC(C)(C)C. The fourth-order valence-corrected chi connectivity index (χ4v) is 1.28. The second kappa shape index (κ2) is 6.81. The standard InChI is InChI=1S/C12H26N2O3/c1-9(2)14(7-6-10(13)8-15)11(16)17-12(3,4)5/h9-10,15H,6-8,13H2,1-5H3. The Morgan fingerprint density at radius 3 is 2.29 bits per heavy atom. The van der Waals surface area contributed by atoms with Gasteiger partial charge < -0.3 is 20.5 Å². The molecule has 0 aliphatic carbocycles. The average molecular weight is 246 g/mol. The lowest BCUT2D eigenvalue weighted by molar-refractivity contribution is 0.0182. The molecule has 17 heavy (non-hydrogen) atoms. The second-order valence-corrected chi connectivity index (χ2v) is 5.50. The van der Waals surface area contributed by atoms with E-state index in [0.29, 0.717) is 13.0 Å². The third-order valence-electron chi connectivity index (χ3n) is 2.23. The van der Waals surface area contributed by atoms with Gasteiger partial charge >= 0.3 is 6.09 Å². The first-order valence-corrected chi connectivity index (χ1v) is 6.03. The number of hydrogen-bond donors (Lipinski definition) is 2. The molecular formula is C12H26N2O3. The molecule has 0 heterocycles. The van der Waals surface area contributed by atoms with E-state index >= 15 is 0 Å². The molecule has 0 radical (unpaired) electrons. The van der Waals surface area contributed by atoms with Gasteiger partial charge in [-0.1, -0.05) is 0 Å². The molecule has 0 rings (SSSR count). The number of rotatable bonds is 5. The Balaban J connectivity index is 4.37. The van der Waals surface area contributed by atoms with Crippen molar-refractivity contribution in [2.75, 3.05) is 13.2 Å². The summed E-state index contributed by atoms with van der Waals surface area (Å²) in [5, 5.41) is 8.85. The van der Waals surface area contributed by atoms with Crippen LogP contribution in [0.4, 0.5) is 4.79 Å². The molecule has 102 valence electrons. The van der Waals surface area contributed by atoms with E-state index in [1.54, 1.807) is 4.90 Å². The Bertz CT molecular complexity index is 236. The van der Waals surface area contributed by atoms with Gasteiger partial charge in [0.05, 0.1) is 6.61 Å². The van der Waals surface area contributed by atoms with Crippen LogP contribution >= 0.6 is 0 Å². The molecule has 0 bridgehead atoms. The zero-order valence-electron chi connectivity index (χ0n) is 11.6. The number of aliphatic hydroxyl groups is 1. The van der Waals surface area contributed by atoms with Crippen molar-refractivity contribution in [1.29, 1.82) is 0 Å². The number of amides is 1. The number of carbonyl (C=O) groups is 1.